The van der Waals surface area contributed by atoms with E-state index in [-0.39, 0.29) is 12.2 Å². The summed E-state index contributed by atoms with van der Waals surface area (Å²) < 4.78 is 0. The van der Waals surface area contributed by atoms with E-state index >= 15 is 0 Å². The summed E-state index contributed by atoms with van der Waals surface area (Å²) in [5, 5.41) is 18.1. The Morgan fingerprint density at radius 1 is 1.06 bits per heavy atom. The highest BCUT2D eigenvalue weighted by molar-refractivity contribution is 7.99. The lowest BCUT2D eigenvalue weighted by atomic mass is 10.1. The van der Waals surface area contributed by atoms with Crippen molar-refractivity contribution in [3.63, 3.8) is 0 Å². The number of hydrogen-bond acceptors (Lipinski definition) is 3. The maximum Gasteiger partial charge on any atom is 0.336 e. The van der Waals surface area contributed by atoms with Crippen molar-refractivity contribution in [3.8, 4) is 0 Å². The molecule has 0 aromatic heterocycles. The first-order valence-corrected chi connectivity index (χ1v) is 6.22. The number of benzene rings is 2. The Balaban J connectivity index is 2.30. The molecule has 0 radical (unpaired) electrons. The Labute approximate surface area is 109 Å². The molecule has 0 spiro atoms. The molecule has 92 valence electrons. The third kappa shape index (κ3) is 2.91. The molecule has 0 unspecified atom stereocenters. The van der Waals surface area contributed by atoms with Crippen molar-refractivity contribution >= 4 is 17.7 Å². The minimum atomic E-state index is -1.02. The van der Waals surface area contributed by atoms with Crippen LogP contribution in [0.25, 0.3) is 0 Å². The van der Waals surface area contributed by atoms with Crippen molar-refractivity contribution in [1.82, 2.24) is 0 Å². The van der Waals surface area contributed by atoms with Crippen LogP contribution in [0, 0.1) is 0 Å². The Morgan fingerprint density at radius 2 is 1.78 bits per heavy atom. The van der Waals surface area contributed by atoms with Crippen LogP contribution >= 0.6 is 11.8 Å². The van der Waals surface area contributed by atoms with Crippen LogP contribution in [-0.2, 0) is 6.61 Å². The number of carboxylic acid groups (broad SMARTS) is 1. The lowest BCUT2D eigenvalue weighted by Crippen LogP contribution is -2.02. The maximum atomic E-state index is 11.1. The van der Waals surface area contributed by atoms with Crippen LogP contribution in [0.4, 0.5) is 0 Å². The third-order valence-corrected chi connectivity index (χ3v) is 3.46. The first-order valence-electron chi connectivity index (χ1n) is 5.40. The van der Waals surface area contributed by atoms with Gasteiger partial charge in [0, 0.05) is 9.79 Å². The zero-order valence-electron chi connectivity index (χ0n) is 9.54. The molecule has 2 aromatic carbocycles. The number of carbonyl (C=O) groups is 1. The van der Waals surface area contributed by atoms with Gasteiger partial charge in [-0.3, -0.25) is 0 Å². The van der Waals surface area contributed by atoms with Gasteiger partial charge in [-0.25, -0.2) is 4.79 Å². The predicted molar refractivity (Wildman–Crippen MR) is 69.9 cm³/mol. The number of aliphatic hydroxyl groups excluding tert-OH is 1. The molecule has 18 heavy (non-hydrogen) atoms. The number of rotatable bonds is 4. The van der Waals surface area contributed by atoms with Crippen molar-refractivity contribution in [1.29, 1.82) is 0 Å². The summed E-state index contributed by atoms with van der Waals surface area (Å²) >= 11 is 1.49. The van der Waals surface area contributed by atoms with Crippen molar-refractivity contribution < 1.29 is 15.0 Å². The quantitative estimate of drug-likeness (QED) is 0.887. The molecule has 0 bridgehead atoms. The second-order valence-corrected chi connectivity index (χ2v) is 4.84. The highest BCUT2D eigenvalue weighted by Crippen LogP contribution is 2.29. The minimum Gasteiger partial charge on any atom is -0.478 e. The summed E-state index contributed by atoms with van der Waals surface area (Å²) in [6.45, 7) is -0.266. The van der Waals surface area contributed by atoms with Crippen LogP contribution in [0.3, 0.4) is 0 Å². The Kier molecular flexibility index (Phi) is 4.02. The molecular weight excluding hydrogens is 248 g/mol. The smallest absolute Gasteiger partial charge is 0.336 e. The van der Waals surface area contributed by atoms with Gasteiger partial charge >= 0.3 is 5.97 Å². The number of aromatic carboxylic acids is 1. The van der Waals surface area contributed by atoms with Crippen LogP contribution in [0.15, 0.2) is 58.3 Å². The van der Waals surface area contributed by atoms with Gasteiger partial charge in [-0.15, -0.1) is 0 Å². The van der Waals surface area contributed by atoms with Gasteiger partial charge in [0.05, 0.1) is 12.2 Å². The second kappa shape index (κ2) is 5.71. The van der Waals surface area contributed by atoms with Crippen molar-refractivity contribution in [2.75, 3.05) is 0 Å². The normalized spacial score (nSPS) is 10.3. The first kappa shape index (κ1) is 12.7. The zero-order valence-corrected chi connectivity index (χ0v) is 10.4. The largest absolute Gasteiger partial charge is 0.478 e. The molecule has 0 fully saturated rings. The van der Waals surface area contributed by atoms with Gasteiger partial charge in [-0.05, 0) is 29.8 Å². The molecule has 0 atom stereocenters. The molecule has 0 saturated heterocycles. The molecule has 4 heteroatoms. The first-order chi connectivity index (χ1) is 8.70. The van der Waals surface area contributed by atoms with Gasteiger partial charge in [-0.2, -0.15) is 0 Å². The fourth-order valence-electron chi connectivity index (χ4n) is 1.58. The summed E-state index contributed by atoms with van der Waals surface area (Å²) in [6.07, 6.45) is 0. The molecule has 0 saturated carbocycles. The summed E-state index contributed by atoms with van der Waals surface area (Å²) in [4.78, 5) is 13.0. The molecule has 0 aliphatic heterocycles. The van der Waals surface area contributed by atoms with E-state index in [1.54, 1.807) is 12.1 Å². The average Bonchev–Trinajstić information content (AvgIpc) is 2.40. The molecule has 2 aromatic rings. The van der Waals surface area contributed by atoms with Crippen molar-refractivity contribution in [2.45, 2.75) is 16.4 Å². The lowest BCUT2D eigenvalue weighted by molar-refractivity contribution is 0.0693. The van der Waals surface area contributed by atoms with E-state index in [2.05, 4.69) is 0 Å². The Morgan fingerprint density at radius 3 is 2.39 bits per heavy atom. The van der Waals surface area contributed by atoms with E-state index in [4.69, 9.17) is 10.2 Å². The predicted octanol–water partition coefficient (Wildman–Crippen LogP) is 3.03. The second-order valence-electron chi connectivity index (χ2n) is 3.70. The van der Waals surface area contributed by atoms with Crippen molar-refractivity contribution in [2.24, 2.45) is 0 Å². The van der Waals surface area contributed by atoms with Gasteiger partial charge in [0.2, 0.25) is 0 Å². The van der Waals surface area contributed by atoms with Gasteiger partial charge in [-0.1, -0.05) is 36.0 Å². The summed E-state index contributed by atoms with van der Waals surface area (Å²) in [7, 11) is 0. The molecule has 0 aliphatic carbocycles. The van der Waals surface area contributed by atoms with E-state index in [0.717, 1.165) is 9.79 Å². The number of aliphatic hydroxyl groups is 1. The Bertz CT molecular complexity index is 552. The van der Waals surface area contributed by atoms with Gasteiger partial charge in [0.25, 0.3) is 0 Å². The molecular formula is C14H12O3S. The van der Waals surface area contributed by atoms with E-state index in [1.807, 2.05) is 36.4 Å². The van der Waals surface area contributed by atoms with Crippen molar-refractivity contribution in [3.05, 3.63) is 59.7 Å². The molecule has 3 nitrogen and oxygen atoms in total. The number of carboxylic acids is 1. The zero-order chi connectivity index (χ0) is 13.0. The summed E-state index contributed by atoms with van der Waals surface area (Å²) in [5.41, 5.74) is 0.582. The topological polar surface area (TPSA) is 57.5 Å². The standard InChI is InChI=1S/C14H12O3S/c15-9-10-6-7-12(8-13(10)14(16)17)18-11-4-2-1-3-5-11/h1-8,15H,9H2,(H,16,17). The highest BCUT2D eigenvalue weighted by atomic mass is 32.2. The molecule has 0 heterocycles. The van der Waals surface area contributed by atoms with E-state index < -0.39 is 5.97 Å². The van der Waals surface area contributed by atoms with E-state index in [1.165, 1.54) is 11.8 Å². The molecule has 2 N–H and O–H groups in total. The van der Waals surface area contributed by atoms with Crippen LogP contribution in [0.5, 0.6) is 0 Å². The third-order valence-electron chi connectivity index (χ3n) is 2.46. The number of hydrogen-bond donors (Lipinski definition) is 2. The fourth-order valence-corrected chi connectivity index (χ4v) is 2.46. The highest BCUT2D eigenvalue weighted by Gasteiger charge is 2.10. The fraction of sp³-hybridized carbons (Fsp3) is 0.0714. The van der Waals surface area contributed by atoms with Gasteiger partial charge < -0.3 is 10.2 Å². The summed E-state index contributed by atoms with van der Waals surface area (Å²) in [5.74, 6) is -1.02. The average molecular weight is 260 g/mol. The van der Waals surface area contributed by atoms with Crippen LogP contribution in [-0.4, -0.2) is 16.2 Å². The molecule has 2 rings (SSSR count). The monoisotopic (exact) mass is 260 g/mol. The lowest BCUT2D eigenvalue weighted by Gasteiger charge is -2.06. The summed E-state index contributed by atoms with van der Waals surface area (Å²) in [6, 6.07) is 14.8. The van der Waals surface area contributed by atoms with Crippen LogP contribution in [0.1, 0.15) is 15.9 Å². The Hall–Kier alpha value is -1.78. The SMILES string of the molecule is O=C(O)c1cc(Sc2ccccc2)ccc1CO. The minimum absolute atomic E-state index is 0.151. The van der Waals surface area contributed by atoms with Gasteiger partial charge in [0.1, 0.15) is 0 Å². The van der Waals surface area contributed by atoms with E-state index in [0.29, 0.717) is 5.56 Å². The van der Waals surface area contributed by atoms with Crippen LogP contribution in [0.2, 0.25) is 0 Å². The van der Waals surface area contributed by atoms with E-state index in [9.17, 15) is 4.79 Å². The maximum absolute atomic E-state index is 11.1. The molecule has 0 aliphatic rings. The van der Waals surface area contributed by atoms with Crippen LogP contribution < -0.4 is 0 Å². The van der Waals surface area contributed by atoms with Gasteiger partial charge in [0.15, 0.2) is 0 Å². The molecule has 0 amide bonds.